The van der Waals surface area contributed by atoms with Gasteiger partial charge in [0.15, 0.2) is 0 Å². The van der Waals surface area contributed by atoms with E-state index in [-0.39, 0.29) is 17.9 Å². The lowest BCUT2D eigenvalue weighted by Crippen LogP contribution is -2.59. The van der Waals surface area contributed by atoms with Gasteiger partial charge in [0.25, 0.3) is 5.91 Å². The number of fused-ring (bicyclic) bond motifs is 1. The molecule has 1 aliphatic rings. The number of amides is 2. The van der Waals surface area contributed by atoms with Crippen LogP contribution in [0.1, 0.15) is 66.7 Å². The standard InChI is InChI=1S/C30H33N5O2/c1-30(35-28(36)22-14-17-31-18-15-22,19-23-20-33-25-12-6-5-11-24(23)25)29(37)34-27(21-9-3-2-4-10-21)26-13-7-8-16-32-26/h5-8,11-18,20-21,27,33H,2-4,9-10,19H2,1H3,(H,34,37)(H,35,36)/t27?,30-/m0/s1. The van der Waals surface area contributed by atoms with Crippen molar-refractivity contribution in [1.82, 2.24) is 25.6 Å². The molecule has 2 atom stereocenters. The Labute approximate surface area is 217 Å². The molecule has 7 heteroatoms. The maximum Gasteiger partial charge on any atom is 0.252 e. The number of H-pyrrole nitrogens is 1. The number of nitrogens with zero attached hydrogens (tertiary/aromatic N) is 2. The molecule has 0 bridgehead atoms. The molecule has 3 aromatic heterocycles. The van der Waals surface area contributed by atoms with Crippen molar-refractivity contribution in [2.45, 2.75) is 57.0 Å². The molecule has 37 heavy (non-hydrogen) atoms. The smallest absolute Gasteiger partial charge is 0.252 e. The fraction of sp³-hybridized carbons (Fsp3) is 0.333. The molecule has 5 rings (SSSR count). The molecule has 1 aromatic carbocycles. The zero-order chi connectivity index (χ0) is 25.7. The van der Waals surface area contributed by atoms with Gasteiger partial charge in [-0.2, -0.15) is 0 Å². The maximum atomic E-state index is 14.1. The summed E-state index contributed by atoms with van der Waals surface area (Å²) in [5.41, 5.74) is 2.08. The first-order chi connectivity index (χ1) is 18.0. The van der Waals surface area contributed by atoms with Crippen molar-refractivity contribution in [3.05, 3.63) is 96.2 Å². The number of nitrogens with one attached hydrogen (secondary N) is 3. The normalized spacial score (nSPS) is 16.6. The minimum absolute atomic E-state index is 0.214. The highest BCUT2D eigenvalue weighted by molar-refractivity contribution is 5.99. The van der Waals surface area contributed by atoms with Crippen LogP contribution in [0.5, 0.6) is 0 Å². The topological polar surface area (TPSA) is 99.8 Å². The predicted octanol–water partition coefficient (Wildman–Crippen LogP) is 5.13. The molecule has 0 spiro atoms. The number of carbonyl (C=O) groups excluding carboxylic acids is 2. The Hall–Kier alpha value is -4.00. The minimum Gasteiger partial charge on any atom is -0.361 e. The van der Waals surface area contributed by atoms with Crippen molar-refractivity contribution >= 4 is 22.7 Å². The van der Waals surface area contributed by atoms with Crippen LogP contribution in [-0.4, -0.2) is 32.3 Å². The highest BCUT2D eigenvalue weighted by atomic mass is 16.2. The predicted molar refractivity (Wildman–Crippen MR) is 144 cm³/mol. The average Bonchev–Trinajstić information content (AvgIpc) is 3.35. The number of carbonyl (C=O) groups is 2. The van der Waals surface area contributed by atoms with E-state index < -0.39 is 5.54 Å². The Bertz CT molecular complexity index is 1350. The number of benzene rings is 1. The zero-order valence-electron chi connectivity index (χ0n) is 21.1. The molecule has 0 saturated heterocycles. The number of rotatable bonds is 8. The summed E-state index contributed by atoms with van der Waals surface area (Å²) >= 11 is 0. The second kappa shape index (κ2) is 10.9. The summed E-state index contributed by atoms with van der Waals surface area (Å²) in [6.45, 7) is 1.81. The third-order valence-corrected chi connectivity index (χ3v) is 7.47. The van der Waals surface area contributed by atoms with E-state index in [1.807, 2.05) is 48.7 Å². The molecule has 1 fully saturated rings. The summed E-state index contributed by atoms with van der Waals surface area (Å²) in [4.78, 5) is 39.3. The van der Waals surface area contributed by atoms with Crippen LogP contribution in [0.3, 0.4) is 0 Å². The van der Waals surface area contributed by atoms with Gasteiger partial charge in [-0.05, 0) is 61.6 Å². The van der Waals surface area contributed by atoms with Crippen LogP contribution in [0, 0.1) is 5.92 Å². The molecular formula is C30H33N5O2. The zero-order valence-corrected chi connectivity index (χ0v) is 21.1. The Morgan fingerprint density at radius 1 is 1.00 bits per heavy atom. The van der Waals surface area contributed by atoms with Crippen molar-refractivity contribution in [3.8, 4) is 0 Å². The van der Waals surface area contributed by atoms with E-state index in [4.69, 9.17) is 0 Å². The van der Waals surface area contributed by atoms with Gasteiger partial charge in [0.1, 0.15) is 5.54 Å². The molecule has 1 aliphatic carbocycles. The van der Waals surface area contributed by atoms with E-state index in [1.54, 1.807) is 37.6 Å². The average molecular weight is 496 g/mol. The number of aromatic amines is 1. The second-order valence-corrected chi connectivity index (χ2v) is 10.2. The summed E-state index contributed by atoms with van der Waals surface area (Å²) in [5, 5.41) is 7.42. The number of aromatic nitrogens is 3. The largest absolute Gasteiger partial charge is 0.361 e. The summed E-state index contributed by atoms with van der Waals surface area (Å²) in [6.07, 6.45) is 12.8. The van der Waals surface area contributed by atoms with Crippen molar-refractivity contribution in [2.24, 2.45) is 5.92 Å². The third-order valence-electron chi connectivity index (χ3n) is 7.47. The van der Waals surface area contributed by atoms with E-state index in [9.17, 15) is 9.59 Å². The molecule has 1 unspecified atom stereocenters. The SMILES string of the molecule is C[C@@](Cc1c[nH]c2ccccc12)(NC(=O)c1ccncc1)C(=O)NC(c1ccccn1)C1CCCCC1. The molecule has 1 saturated carbocycles. The van der Waals surface area contributed by atoms with Crippen LogP contribution < -0.4 is 10.6 Å². The quantitative estimate of drug-likeness (QED) is 0.316. The van der Waals surface area contributed by atoms with E-state index in [0.717, 1.165) is 47.8 Å². The van der Waals surface area contributed by atoms with Crippen LogP contribution in [0.2, 0.25) is 0 Å². The molecule has 2 amide bonds. The van der Waals surface area contributed by atoms with Gasteiger partial charge >= 0.3 is 0 Å². The number of hydrogen-bond acceptors (Lipinski definition) is 4. The molecule has 3 heterocycles. The monoisotopic (exact) mass is 495 g/mol. The molecule has 7 nitrogen and oxygen atoms in total. The van der Waals surface area contributed by atoms with Gasteiger partial charge in [-0.25, -0.2) is 0 Å². The summed E-state index contributed by atoms with van der Waals surface area (Å²) < 4.78 is 0. The van der Waals surface area contributed by atoms with Gasteiger partial charge in [0, 0.05) is 47.7 Å². The highest BCUT2D eigenvalue weighted by Crippen LogP contribution is 2.34. The van der Waals surface area contributed by atoms with E-state index in [2.05, 4.69) is 25.6 Å². The van der Waals surface area contributed by atoms with Crippen LogP contribution in [-0.2, 0) is 11.2 Å². The lowest BCUT2D eigenvalue weighted by Gasteiger charge is -2.35. The van der Waals surface area contributed by atoms with Gasteiger partial charge in [0.05, 0.1) is 11.7 Å². The number of para-hydroxylation sites is 1. The number of pyridine rings is 2. The molecular weight excluding hydrogens is 462 g/mol. The number of hydrogen-bond donors (Lipinski definition) is 3. The summed E-state index contributed by atoms with van der Waals surface area (Å²) in [5.74, 6) is -0.228. The third kappa shape index (κ3) is 5.56. The van der Waals surface area contributed by atoms with Crippen molar-refractivity contribution in [1.29, 1.82) is 0 Å². The van der Waals surface area contributed by atoms with Crippen LogP contribution in [0.4, 0.5) is 0 Å². The Balaban J connectivity index is 1.47. The van der Waals surface area contributed by atoms with Gasteiger partial charge in [-0.15, -0.1) is 0 Å². The van der Waals surface area contributed by atoms with Gasteiger partial charge < -0.3 is 15.6 Å². The molecule has 4 aromatic rings. The molecule has 3 N–H and O–H groups in total. The summed E-state index contributed by atoms with van der Waals surface area (Å²) in [6, 6.07) is 16.9. The second-order valence-electron chi connectivity index (χ2n) is 10.2. The summed E-state index contributed by atoms with van der Waals surface area (Å²) in [7, 11) is 0. The van der Waals surface area contributed by atoms with Crippen LogP contribution >= 0.6 is 0 Å². The Morgan fingerprint density at radius 3 is 2.51 bits per heavy atom. The first-order valence-corrected chi connectivity index (χ1v) is 13.0. The highest BCUT2D eigenvalue weighted by Gasteiger charge is 2.39. The van der Waals surface area contributed by atoms with Crippen LogP contribution in [0.15, 0.2) is 79.4 Å². The van der Waals surface area contributed by atoms with Crippen molar-refractivity contribution in [3.63, 3.8) is 0 Å². The fourth-order valence-electron chi connectivity index (χ4n) is 5.43. The first-order valence-electron chi connectivity index (χ1n) is 13.0. The van der Waals surface area contributed by atoms with Crippen LogP contribution in [0.25, 0.3) is 10.9 Å². The fourth-order valence-corrected chi connectivity index (χ4v) is 5.43. The Kier molecular flexibility index (Phi) is 7.30. The van der Waals surface area contributed by atoms with Gasteiger partial charge in [-0.3, -0.25) is 19.6 Å². The first kappa shape index (κ1) is 24.7. The van der Waals surface area contributed by atoms with E-state index in [1.165, 1.54) is 6.42 Å². The molecule has 0 radical (unpaired) electrons. The van der Waals surface area contributed by atoms with Gasteiger partial charge in [-0.1, -0.05) is 43.5 Å². The maximum absolute atomic E-state index is 14.1. The van der Waals surface area contributed by atoms with Crippen molar-refractivity contribution in [2.75, 3.05) is 0 Å². The van der Waals surface area contributed by atoms with E-state index in [0.29, 0.717) is 17.9 Å². The lowest BCUT2D eigenvalue weighted by molar-refractivity contribution is -0.128. The Morgan fingerprint density at radius 2 is 1.76 bits per heavy atom. The lowest BCUT2D eigenvalue weighted by atomic mass is 9.81. The minimum atomic E-state index is -1.20. The molecule has 0 aliphatic heterocycles. The molecule has 190 valence electrons. The van der Waals surface area contributed by atoms with E-state index >= 15 is 0 Å². The van der Waals surface area contributed by atoms with Gasteiger partial charge in [0.2, 0.25) is 5.91 Å². The van der Waals surface area contributed by atoms with Crippen molar-refractivity contribution < 1.29 is 9.59 Å².